The molecule has 0 radical (unpaired) electrons. The van der Waals surface area contributed by atoms with Gasteiger partial charge in [-0.2, -0.15) is 0 Å². The Bertz CT molecular complexity index is 636. The summed E-state index contributed by atoms with van der Waals surface area (Å²) >= 11 is 0. The van der Waals surface area contributed by atoms with Gasteiger partial charge in [0.1, 0.15) is 0 Å². The quantitative estimate of drug-likeness (QED) is 0.621. The molecule has 0 aromatic heterocycles. The fraction of sp³-hybridized carbons (Fsp3) is 0.500. The smallest absolute Gasteiger partial charge is 0.251 e. The number of hydrogen-bond acceptors (Lipinski definition) is 3. The van der Waals surface area contributed by atoms with E-state index in [1.807, 2.05) is 30.0 Å². The zero-order valence-corrected chi connectivity index (χ0v) is 15.2. The summed E-state index contributed by atoms with van der Waals surface area (Å²) in [5.74, 6) is 0.863. The minimum absolute atomic E-state index is 0.0990. The van der Waals surface area contributed by atoms with E-state index in [0.29, 0.717) is 25.2 Å². The fourth-order valence-electron chi connectivity index (χ4n) is 2.78. The molecule has 0 spiro atoms. The van der Waals surface area contributed by atoms with Gasteiger partial charge in [-0.1, -0.05) is 12.1 Å². The molecule has 2 amide bonds. The highest BCUT2D eigenvalue weighted by Gasteiger charge is 2.20. The molecule has 0 aliphatic carbocycles. The van der Waals surface area contributed by atoms with Crippen molar-refractivity contribution in [3.8, 4) is 0 Å². The third-order valence-electron chi connectivity index (χ3n) is 4.19. The molecule has 136 valence electrons. The van der Waals surface area contributed by atoms with Gasteiger partial charge in [-0.05, 0) is 24.6 Å². The number of carbonyl (C=O) groups excluding carboxylic acids is 2. The third-order valence-corrected chi connectivity index (χ3v) is 4.19. The number of guanidine groups is 1. The maximum atomic E-state index is 11.7. The zero-order valence-electron chi connectivity index (χ0n) is 15.2. The Morgan fingerprint density at radius 3 is 2.44 bits per heavy atom. The summed E-state index contributed by atoms with van der Waals surface area (Å²) in [7, 11) is 1.62. The third kappa shape index (κ3) is 5.20. The van der Waals surface area contributed by atoms with Crippen molar-refractivity contribution in [1.82, 2.24) is 20.4 Å². The van der Waals surface area contributed by atoms with Crippen LogP contribution in [0.2, 0.25) is 0 Å². The molecular formula is C18H27N5O2. The van der Waals surface area contributed by atoms with Crippen LogP contribution >= 0.6 is 0 Å². The number of rotatable bonds is 4. The van der Waals surface area contributed by atoms with E-state index in [9.17, 15) is 9.59 Å². The zero-order chi connectivity index (χ0) is 18.2. The van der Waals surface area contributed by atoms with Crippen LogP contribution in [-0.4, -0.2) is 67.3 Å². The number of aliphatic imine (C=N–C) groups is 1. The van der Waals surface area contributed by atoms with E-state index < -0.39 is 0 Å². The van der Waals surface area contributed by atoms with Gasteiger partial charge in [0.15, 0.2) is 5.96 Å². The molecule has 1 saturated heterocycles. The second-order valence-electron chi connectivity index (χ2n) is 5.94. The highest BCUT2D eigenvalue weighted by Crippen LogP contribution is 2.08. The normalized spacial score (nSPS) is 15.1. The highest BCUT2D eigenvalue weighted by atomic mass is 16.2. The standard InChI is InChI=1S/C18H27N5O2/c1-4-20-18(23-10-8-22(9-11-23)14(2)24)21-13-15-6-5-7-16(12-15)17(25)19-3/h5-7,12H,4,8-11,13H2,1-3H3,(H,19,25)(H,20,21). The van der Waals surface area contributed by atoms with Crippen LogP contribution in [0.5, 0.6) is 0 Å². The molecule has 0 bridgehead atoms. The number of amides is 2. The number of carbonyl (C=O) groups is 2. The molecule has 7 nitrogen and oxygen atoms in total. The summed E-state index contributed by atoms with van der Waals surface area (Å²) < 4.78 is 0. The first-order chi connectivity index (χ1) is 12.0. The number of piperazine rings is 1. The van der Waals surface area contributed by atoms with Crippen molar-refractivity contribution in [2.75, 3.05) is 39.8 Å². The van der Waals surface area contributed by atoms with E-state index in [2.05, 4.69) is 15.5 Å². The SMILES string of the molecule is CCNC(=NCc1cccc(C(=O)NC)c1)N1CCN(C(C)=O)CC1. The van der Waals surface area contributed by atoms with Gasteiger partial charge >= 0.3 is 0 Å². The van der Waals surface area contributed by atoms with Crippen molar-refractivity contribution in [3.05, 3.63) is 35.4 Å². The van der Waals surface area contributed by atoms with Gasteiger partial charge in [-0.15, -0.1) is 0 Å². The van der Waals surface area contributed by atoms with Gasteiger partial charge in [0.2, 0.25) is 5.91 Å². The summed E-state index contributed by atoms with van der Waals surface area (Å²) in [4.78, 5) is 31.9. The van der Waals surface area contributed by atoms with Crippen molar-refractivity contribution < 1.29 is 9.59 Å². The van der Waals surface area contributed by atoms with Crippen LogP contribution in [0.3, 0.4) is 0 Å². The van der Waals surface area contributed by atoms with E-state index in [0.717, 1.165) is 31.2 Å². The lowest BCUT2D eigenvalue weighted by molar-refractivity contribution is -0.130. The lowest BCUT2D eigenvalue weighted by atomic mass is 10.1. The van der Waals surface area contributed by atoms with Crippen LogP contribution in [0.1, 0.15) is 29.8 Å². The number of nitrogens with one attached hydrogen (secondary N) is 2. The molecule has 1 aromatic carbocycles. The van der Waals surface area contributed by atoms with Crippen LogP contribution in [0.25, 0.3) is 0 Å². The Kier molecular flexibility index (Phi) is 6.80. The molecule has 1 heterocycles. The van der Waals surface area contributed by atoms with E-state index in [4.69, 9.17) is 4.99 Å². The highest BCUT2D eigenvalue weighted by molar-refractivity contribution is 5.94. The van der Waals surface area contributed by atoms with Crippen molar-refractivity contribution in [2.24, 2.45) is 4.99 Å². The van der Waals surface area contributed by atoms with E-state index >= 15 is 0 Å². The van der Waals surface area contributed by atoms with Crippen molar-refractivity contribution in [3.63, 3.8) is 0 Å². The first-order valence-electron chi connectivity index (χ1n) is 8.65. The molecule has 0 unspecified atom stereocenters. The Morgan fingerprint density at radius 1 is 1.16 bits per heavy atom. The maximum Gasteiger partial charge on any atom is 0.251 e. The Labute approximate surface area is 149 Å². The molecule has 1 fully saturated rings. The number of hydrogen-bond donors (Lipinski definition) is 2. The summed E-state index contributed by atoms with van der Waals surface area (Å²) in [6.07, 6.45) is 0. The summed E-state index contributed by atoms with van der Waals surface area (Å²) in [5, 5.41) is 5.94. The lowest BCUT2D eigenvalue weighted by Crippen LogP contribution is -2.53. The van der Waals surface area contributed by atoms with Crippen LogP contribution in [-0.2, 0) is 11.3 Å². The summed E-state index contributed by atoms with van der Waals surface area (Å²) in [5.41, 5.74) is 1.62. The molecule has 25 heavy (non-hydrogen) atoms. The van der Waals surface area contributed by atoms with Gasteiger partial charge in [0.25, 0.3) is 5.91 Å². The largest absolute Gasteiger partial charge is 0.357 e. The summed E-state index contributed by atoms with van der Waals surface area (Å²) in [6, 6.07) is 7.49. The number of nitrogens with zero attached hydrogens (tertiary/aromatic N) is 3. The molecule has 0 saturated carbocycles. The molecule has 1 aliphatic heterocycles. The van der Waals surface area contributed by atoms with E-state index in [1.54, 1.807) is 20.0 Å². The fourth-order valence-corrected chi connectivity index (χ4v) is 2.78. The van der Waals surface area contributed by atoms with Gasteiger partial charge in [0, 0.05) is 52.3 Å². The Morgan fingerprint density at radius 2 is 1.84 bits per heavy atom. The lowest BCUT2D eigenvalue weighted by Gasteiger charge is -2.36. The van der Waals surface area contributed by atoms with Crippen LogP contribution in [0.4, 0.5) is 0 Å². The first-order valence-corrected chi connectivity index (χ1v) is 8.65. The van der Waals surface area contributed by atoms with Gasteiger partial charge in [-0.3, -0.25) is 9.59 Å². The molecule has 2 rings (SSSR count). The predicted octanol–water partition coefficient (Wildman–Crippen LogP) is 0.676. The topological polar surface area (TPSA) is 77.0 Å². The van der Waals surface area contributed by atoms with Crippen LogP contribution in [0.15, 0.2) is 29.3 Å². The molecule has 1 aliphatic rings. The second-order valence-corrected chi connectivity index (χ2v) is 5.94. The van der Waals surface area contributed by atoms with Crippen molar-refractivity contribution in [2.45, 2.75) is 20.4 Å². The molecule has 7 heteroatoms. The summed E-state index contributed by atoms with van der Waals surface area (Å²) in [6.45, 7) is 7.89. The van der Waals surface area contributed by atoms with E-state index in [-0.39, 0.29) is 11.8 Å². The minimum Gasteiger partial charge on any atom is -0.357 e. The number of benzene rings is 1. The van der Waals surface area contributed by atoms with Crippen LogP contribution in [0, 0.1) is 0 Å². The Balaban J connectivity index is 2.05. The first kappa shape index (κ1) is 18.8. The molecule has 2 N–H and O–H groups in total. The average Bonchev–Trinajstić information content (AvgIpc) is 2.64. The molecule has 1 aromatic rings. The van der Waals surface area contributed by atoms with Gasteiger partial charge < -0.3 is 20.4 Å². The predicted molar refractivity (Wildman–Crippen MR) is 98.5 cm³/mol. The minimum atomic E-state index is -0.0990. The monoisotopic (exact) mass is 345 g/mol. The van der Waals surface area contributed by atoms with Crippen molar-refractivity contribution >= 4 is 17.8 Å². The average molecular weight is 345 g/mol. The van der Waals surface area contributed by atoms with Gasteiger partial charge in [-0.25, -0.2) is 4.99 Å². The molecular weight excluding hydrogens is 318 g/mol. The van der Waals surface area contributed by atoms with E-state index in [1.165, 1.54) is 0 Å². The maximum absolute atomic E-state index is 11.7. The van der Waals surface area contributed by atoms with Gasteiger partial charge in [0.05, 0.1) is 6.54 Å². The Hall–Kier alpha value is -2.57. The van der Waals surface area contributed by atoms with Crippen molar-refractivity contribution in [1.29, 1.82) is 0 Å². The van der Waals surface area contributed by atoms with Crippen LogP contribution < -0.4 is 10.6 Å². The second kappa shape index (κ2) is 9.05. The molecule has 0 atom stereocenters.